The highest BCUT2D eigenvalue weighted by atomic mass is 16.3. The molecule has 2 heterocycles. The third kappa shape index (κ3) is 1.78. The van der Waals surface area contributed by atoms with Crippen LogP contribution in [0.15, 0.2) is 41.5 Å². The Bertz CT molecular complexity index is 853. The largest absolute Gasteiger partial charge is 0.508 e. The monoisotopic (exact) mass is 268 g/mol. The Morgan fingerprint density at radius 2 is 1.90 bits per heavy atom. The second-order valence-corrected chi connectivity index (χ2v) is 4.47. The third-order valence-electron chi connectivity index (χ3n) is 3.21. The molecule has 0 saturated carbocycles. The average molecular weight is 268 g/mol. The minimum atomic E-state index is -0.179. The number of pyridine rings is 1. The number of phenols is 1. The van der Waals surface area contributed by atoms with E-state index < -0.39 is 0 Å². The van der Waals surface area contributed by atoms with E-state index in [1.165, 1.54) is 23.0 Å². The molecule has 2 aromatic heterocycles. The number of anilines is 1. The lowest BCUT2D eigenvalue weighted by Gasteiger charge is -2.09. The van der Waals surface area contributed by atoms with Crippen LogP contribution in [0.3, 0.4) is 0 Å². The van der Waals surface area contributed by atoms with Gasteiger partial charge in [0.25, 0.3) is 5.56 Å². The summed E-state index contributed by atoms with van der Waals surface area (Å²) < 4.78 is 1.44. The number of fused-ring (bicyclic) bond motifs is 1. The molecule has 3 aromatic rings. The number of benzene rings is 1. The molecule has 0 bridgehead atoms. The summed E-state index contributed by atoms with van der Waals surface area (Å²) >= 11 is 0. The molecule has 0 saturated heterocycles. The van der Waals surface area contributed by atoms with Gasteiger partial charge in [-0.05, 0) is 23.8 Å². The van der Waals surface area contributed by atoms with E-state index >= 15 is 0 Å². The number of phenolic OH excluding ortho intramolecular Hbond substituents is 1. The van der Waals surface area contributed by atoms with Crippen LogP contribution in [-0.4, -0.2) is 19.6 Å². The molecule has 0 amide bonds. The maximum absolute atomic E-state index is 12.4. The first-order valence-corrected chi connectivity index (χ1v) is 5.97. The SMILES string of the molecule is Cn1c(=O)c(-c2ccc(O)cc2)cc2c(N)ncnc21. The standard InChI is InChI=1S/C14H12N4O2/c1-18-13-11(12(15)16-7-17-13)6-10(14(18)20)8-2-4-9(19)5-3-8/h2-7,19H,1H3,(H2,15,16,17). The minimum Gasteiger partial charge on any atom is -0.508 e. The smallest absolute Gasteiger partial charge is 0.259 e. The Balaban J connectivity index is 2.37. The van der Waals surface area contributed by atoms with Crippen LogP contribution in [0, 0.1) is 0 Å². The van der Waals surface area contributed by atoms with Gasteiger partial charge in [-0.15, -0.1) is 0 Å². The Morgan fingerprint density at radius 1 is 1.20 bits per heavy atom. The predicted molar refractivity (Wildman–Crippen MR) is 76.3 cm³/mol. The molecule has 3 N–H and O–H groups in total. The Hall–Kier alpha value is -2.89. The van der Waals surface area contributed by atoms with Crippen LogP contribution >= 0.6 is 0 Å². The Morgan fingerprint density at radius 3 is 2.60 bits per heavy atom. The van der Waals surface area contributed by atoms with Crippen LogP contribution in [0.1, 0.15) is 0 Å². The maximum Gasteiger partial charge on any atom is 0.259 e. The van der Waals surface area contributed by atoms with Crippen molar-refractivity contribution in [3.8, 4) is 16.9 Å². The van der Waals surface area contributed by atoms with Crippen molar-refractivity contribution in [3.63, 3.8) is 0 Å². The number of hydrogen-bond acceptors (Lipinski definition) is 5. The van der Waals surface area contributed by atoms with Crippen molar-refractivity contribution in [1.82, 2.24) is 14.5 Å². The van der Waals surface area contributed by atoms with E-state index in [2.05, 4.69) is 9.97 Å². The fraction of sp³-hybridized carbons (Fsp3) is 0.0714. The first-order chi connectivity index (χ1) is 9.58. The van der Waals surface area contributed by atoms with Gasteiger partial charge >= 0.3 is 0 Å². The molecule has 0 fully saturated rings. The van der Waals surface area contributed by atoms with E-state index in [1.54, 1.807) is 25.2 Å². The number of aryl methyl sites for hydroxylation is 1. The number of aromatic nitrogens is 3. The molecule has 0 unspecified atom stereocenters. The number of rotatable bonds is 1. The zero-order chi connectivity index (χ0) is 14.3. The van der Waals surface area contributed by atoms with Crippen molar-refractivity contribution in [2.24, 2.45) is 7.05 Å². The highest BCUT2D eigenvalue weighted by Crippen LogP contribution is 2.23. The Labute approximate surface area is 114 Å². The number of aromatic hydroxyl groups is 1. The molecular weight excluding hydrogens is 256 g/mol. The van der Waals surface area contributed by atoms with Gasteiger partial charge in [0.2, 0.25) is 0 Å². The minimum absolute atomic E-state index is 0.147. The Kier molecular flexibility index (Phi) is 2.64. The molecule has 3 rings (SSSR count). The van der Waals surface area contributed by atoms with Crippen molar-refractivity contribution >= 4 is 16.9 Å². The average Bonchev–Trinajstić information content (AvgIpc) is 2.45. The number of hydrogen-bond donors (Lipinski definition) is 2. The van der Waals surface area contributed by atoms with Gasteiger partial charge in [0.1, 0.15) is 23.5 Å². The predicted octanol–water partition coefficient (Wildman–Crippen LogP) is 1.28. The van der Waals surface area contributed by atoms with Gasteiger partial charge in [-0.25, -0.2) is 9.97 Å². The van der Waals surface area contributed by atoms with Gasteiger partial charge in [-0.3, -0.25) is 9.36 Å². The first kappa shape index (κ1) is 12.2. The van der Waals surface area contributed by atoms with Crippen LogP contribution in [0.2, 0.25) is 0 Å². The number of nitrogens with two attached hydrogens (primary N) is 1. The summed E-state index contributed by atoms with van der Waals surface area (Å²) in [5.74, 6) is 0.472. The molecule has 0 atom stereocenters. The molecule has 6 heteroatoms. The number of nitrogens with zero attached hydrogens (tertiary/aromatic N) is 3. The van der Waals surface area contributed by atoms with Crippen LogP contribution < -0.4 is 11.3 Å². The van der Waals surface area contributed by atoms with E-state index in [9.17, 15) is 9.90 Å². The van der Waals surface area contributed by atoms with Gasteiger partial charge in [-0.1, -0.05) is 12.1 Å². The topological polar surface area (TPSA) is 94.0 Å². The van der Waals surface area contributed by atoms with E-state index in [1.807, 2.05) is 0 Å². The quantitative estimate of drug-likeness (QED) is 0.693. The van der Waals surface area contributed by atoms with Gasteiger partial charge in [0.15, 0.2) is 0 Å². The van der Waals surface area contributed by atoms with Gasteiger partial charge in [0.05, 0.1) is 5.39 Å². The van der Waals surface area contributed by atoms with E-state index in [0.29, 0.717) is 28.0 Å². The summed E-state index contributed by atoms with van der Waals surface area (Å²) in [6.45, 7) is 0. The molecule has 0 aliphatic rings. The van der Waals surface area contributed by atoms with E-state index in [-0.39, 0.29) is 11.3 Å². The fourth-order valence-corrected chi connectivity index (χ4v) is 2.14. The summed E-state index contributed by atoms with van der Waals surface area (Å²) in [6, 6.07) is 8.10. The van der Waals surface area contributed by atoms with Crippen molar-refractivity contribution in [1.29, 1.82) is 0 Å². The number of nitrogen functional groups attached to an aromatic ring is 1. The third-order valence-corrected chi connectivity index (χ3v) is 3.21. The maximum atomic E-state index is 12.4. The lowest BCUT2D eigenvalue weighted by molar-refractivity contribution is 0.475. The molecule has 0 aliphatic heterocycles. The van der Waals surface area contributed by atoms with E-state index in [0.717, 1.165) is 0 Å². The summed E-state index contributed by atoms with van der Waals surface area (Å²) in [7, 11) is 1.64. The molecule has 100 valence electrons. The molecule has 0 radical (unpaired) electrons. The van der Waals surface area contributed by atoms with Crippen molar-refractivity contribution in [2.45, 2.75) is 0 Å². The molecule has 20 heavy (non-hydrogen) atoms. The van der Waals surface area contributed by atoms with Crippen LogP contribution in [0.25, 0.3) is 22.2 Å². The second-order valence-electron chi connectivity index (χ2n) is 4.47. The van der Waals surface area contributed by atoms with Gasteiger partial charge in [0, 0.05) is 12.6 Å². The summed E-state index contributed by atoms with van der Waals surface area (Å²) in [6.07, 6.45) is 1.33. The zero-order valence-electron chi connectivity index (χ0n) is 10.7. The zero-order valence-corrected chi connectivity index (χ0v) is 10.7. The molecular formula is C14H12N4O2. The highest BCUT2D eigenvalue weighted by molar-refractivity contribution is 5.89. The highest BCUT2D eigenvalue weighted by Gasteiger charge is 2.11. The van der Waals surface area contributed by atoms with Crippen LogP contribution in [0.4, 0.5) is 5.82 Å². The molecule has 0 spiro atoms. The first-order valence-electron chi connectivity index (χ1n) is 5.97. The lowest BCUT2D eigenvalue weighted by Crippen LogP contribution is -2.20. The lowest BCUT2D eigenvalue weighted by atomic mass is 10.1. The summed E-state index contributed by atoms with van der Waals surface area (Å²) in [5, 5.41) is 9.94. The summed E-state index contributed by atoms with van der Waals surface area (Å²) in [4.78, 5) is 20.4. The van der Waals surface area contributed by atoms with Crippen molar-refractivity contribution < 1.29 is 5.11 Å². The molecule has 1 aromatic carbocycles. The van der Waals surface area contributed by atoms with Crippen LogP contribution in [-0.2, 0) is 7.05 Å². The van der Waals surface area contributed by atoms with Crippen molar-refractivity contribution in [3.05, 3.63) is 47.0 Å². The molecule has 6 nitrogen and oxygen atoms in total. The van der Waals surface area contributed by atoms with Crippen LogP contribution in [0.5, 0.6) is 5.75 Å². The summed E-state index contributed by atoms with van der Waals surface area (Å²) in [5.41, 5.74) is 7.34. The van der Waals surface area contributed by atoms with Gasteiger partial charge in [-0.2, -0.15) is 0 Å². The van der Waals surface area contributed by atoms with E-state index in [4.69, 9.17) is 5.73 Å². The molecule has 0 aliphatic carbocycles. The second kappa shape index (κ2) is 4.34. The van der Waals surface area contributed by atoms with Gasteiger partial charge < -0.3 is 10.8 Å². The van der Waals surface area contributed by atoms with Crippen molar-refractivity contribution in [2.75, 3.05) is 5.73 Å². The fourth-order valence-electron chi connectivity index (χ4n) is 2.14. The normalized spacial score (nSPS) is 10.8.